The van der Waals surface area contributed by atoms with Gasteiger partial charge in [0.25, 0.3) is 0 Å². The van der Waals surface area contributed by atoms with Crippen molar-refractivity contribution >= 4 is 0 Å². The maximum Gasteiger partial charge on any atom is 0.122 e. The number of para-hydroxylation sites is 1. The summed E-state index contributed by atoms with van der Waals surface area (Å²) in [5.74, 6) is 1.21. The summed E-state index contributed by atoms with van der Waals surface area (Å²) in [6, 6.07) is 8.05. The van der Waals surface area contributed by atoms with Crippen molar-refractivity contribution in [3.8, 4) is 5.75 Å². The van der Waals surface area contributed by atoms with Crippen molar-refractivity contribution in [1.29, 1.82) is 0 Å². The van der Waals surface area contributed by atoms with E-state index in [1.165, 1.54) is 5.56 Å². The zero-order chi connectivity index (χ0) is 11.3. The Morgan fingerprint density at radius 3 is 2.67 bits per heavy atom. The van der Waals surface area contributed by atoms with Gasteiger partial charge < -0.3 is 4.74 Å². The number of methoxy groups -OCH3 is 1. The first-order valence-electron chi connectivity index (χ1n) is 5.09. The maximum atomic E-state index is 5.33. The van der Waals surface area contributed by atoms with E-state index in [9.17, 15) is 0 Å². The molecule has 1 atom stereocenters. The van der Waals surface area contributed by atoms with Gasteiger partial charge >= 0.3 is 0 Å². The van der Waals surface area contributed by atoms with Gasteiger partial charge in [-0.3, -0.25) is 0 Å². The topological polar surface area (TPSA) is 9.23 Å². The van der Waals surface area contributed by atoms with E-state index in [4.69, 9.17) is 4.74 Å². The second-order valence-corrected chi connectivity index (χ2v) is 3.75. The molecule has 15 heavy (non-hydrogen) atoms. The zero-order valence-electron chi connectivity index (χ0n) is 9.49. The third kappa shape index (κ3) is 2.98. The number of ether oxygens (including phenoxy) is 1. The van der Waals surface area contributed by atoms with Gasteiger partial charge in [-0.1, -0.05) is 29.8 Å². The van der Waals surface area contributed by atoms with E-state index in [0.717, 1.165) is 17.7 Å². The summed E-state index contributed by atoms with van der Waals surface area (Å²) >= 11 is 0. The van der Waals surface area contributed by atoms with E-state index in [2.05, 4.69) is 19.2 Å². The molecule has 0 aliphatic heterocycles. The lowest BCUT2D eigenvalue weighted by Gasteiger charge is -2.16. The average Bonchev–Trinajstić information content (AvgIpc) is 2.25. The number of benzene rings is 1. The molecule has 1 rings (SSSR count). The van der Waals surface area contributed by atoms with E-state index in [0.29, 0.717) is 5.92 Å². The van der Waals surface area contributed by atoms with Gasteiger partial charge in [0.2, 0.25) is 0 Å². The number of allylic oxidation sites excluding steroid dienone is 2. The lowest BCUT2D eigenvalue weighted by molar-refractivity contribution is 0.408. The first-order chi connectivity index (χ1) is 7.19. The van der Waals surface area contributed by atoms with Crippen molar-refractivity contribution in [2.45, 2.75) is 19.3 Å². The molecule has 0 heterocycles. The minimum Gasteiger partial charge on any atom is -0.496 e. The number of hydrogen-bond acceptors (Lipinski definition) is 1. The first-order valence-corrected chi connectivity index (χ1v) is 5.09. The fraction of sp³-hybridized carbons (Fsp3) is 0.286. The molecule has 0 saturated carbocycles. The fourth-order valence-corrected chi connectivity index (χ4v) is 1.67. The molecule has 80 valence electrons. The highest BCUT2D eigenvalue weighted by atomic mass is 16.5. The molecule has 0 N–H and O–H groups in total. The number of rotatable bonds is 5. The lowest BCUT2D eigenvalue weighted by Crippen LogP contribution is -1.99. The molecule has 0 saturated heterocycles. The Morgan fingerprint density at radius 2 is 2.13 bits per heavy atom. The van der Waals surface area contributed by atoms with Crippen LogP contribution in [-0.2, 0) is 0 Å². The average molecular weight is 202 g/mol. The summed E-state index contributed by atoms with van der Waals surface area (Å²) in [6.07, 6.45) is 2.87. The van der Waals surface area contributed by atoms with Crippen molar-refractivity contribution in [2.24, 2.45) is 0 Å². The Hall–Kier alpha value is -1.50. The summed E-state index contributed by atoms with van der Waals surface area (Å²) in [4.78, 5) is 0. The Labute approximate surface area is 92.1 Å². The van der Waals surface area contributed by atoms with Crippen LogP contribution in [0.3, 0.4) is 0 Å². The minimum atomic E-state index is 0.290. The van der Waals surface area contributed by atoms with Crippen LogP contribution in [0.25, 0.3) is 0 Å². The highest BCUT2D eigenvalue weighted by Crippen LogP contribution is 2.31. The summed E-state index contributed by atoms with van der Waals surface area (Å²) in [5.41, 5.74) is 2.34. The van der Waals surface area contributed by atoms with Crippen molar-refractivity contribution < 1.29 is 4.74 Å². The summed E-state index contributed by atoms with van der Waals surface area (Å²) in [5, 5.41) is 0. The summed E-state index contributed by atoms with van der Waals surface area (Å²) in [7, 11) is 1.69. The molecule has 0 aliphatic rings. The molecule has 1 heteroatoms. The van der Waals surface area contributed by atoms with Crippen molar-refractivity contribution in [2.75, 3.05) is 7.11 Å². The monoisotopic (exact) mass is 202 g/mol. The van der Waals surface area contributed by atoms with E-state index in [1.54, 1.807) is 7.11 Å². The highest BCUT2D eigenvalue weighted by Gasteiger charge is 2.12. The maximum absolute atomic E-state index is 5.33. The van der Waals surface area contributed by atoms with Crippen LogP contribution in [0.1, 0.15) is 24.8 Å². The Morgan fingerprint density at radius 1 is 1.47 bits per heavy atom. The molecule has 0 radical (unpaired) electrons. The largest absolute Gasteiger partial charge is 0.496 e. The van der Waals surface area contributed by atoms with Crippen LogP contribution >= 0.6 is 0 Å². The van der Waals surface area contributed by atoms with Gasteiger partial charge in [0.05, 0.1) is 7.11 Å². The van der Waals surface area contributed by atoms with Crippen molar-refractivity contribution in [3.05, 3.63) is 54.6 Å². The quantitative estimate of drug-likeness (QED) is 0.657. The van der Waals surface area contributed by atoms with Crippen LogP contribution in [0, 0.1) is 0 Å². The van der Waals surface area contributed by atoms with Crippen LogP contribution in [0.15, 0.2) is 49.1 Å². The lowest BCUT2D eigenvalue weighted by atomic mass is 9.92. The smallest absolute Gasteiger partial charge is 0.122 e. The Kier molecular flexibility index (Phi) is 4.17. The highest BCUT2D eigenvalue weighted by molar-refractivity contribution is 5.38. The standard InChI is InChI=1S/C14H18O/c1-5-12(10-11(2)3)13-8-6-7-9-14(13)15-4/h5-9,12H,1-2,10H2,3-4H3/t12-/m1/s1. The number of hydrogen-bond donors (Lipinski definition) is 0. The van der Waals surface area contributed by atoms with Gasteiger partial charge in [-0.2, -0.15) is 0 Å². The molecule has 0 aliphatic carbocycles. The van der Waals surface area contributed by atoms with E-state index in [-0.39, 0.29) is 0 Å². The summed E-state index contributed by atoms with van der Waals surface area (Å²) < 4.78 is 5.33. The van der Waals surface area contributed by atoms with Gasteiger partial charge in [-0.05, 0) is 19.4 Å². The van der Waals surface area contributed by atoms with Gasteiger partial charge in [0.15, 0.2) is 0 Å². The van der Waals surface area contributed by atoms with E-state index >= 15 is 0 Å². The third-order valence-electron chi connectivity index (χ3n) is 2.39. The molecule has 1 aromatic rings. The minimum absolute atomic E-state index is 0.290. The predicted octanol–water partition coefficient (Wildman–Crippen LogP) is 3.93. The fourth-order valence-electron chi connectivity index (χ4n) is 1.67. The van der Waals surface area contributed by atoms with Gasteiger partial charge in [0.1, 0.15) is 5.75 Å². The van der Waals surface area contributed by atoms with Gasteiger partial charge in [-0.25, -0.2) is 0 Å². The van der Waals surface area contributed by atoms with Crippen molar-refractivity contribution in [3.63, 3.8) is 0 Å². The molecule has 1 aromatic carbocycles. The third-order valence-corrected chi connectivity index (χ3v) is 2.39. The van der Waals surface area contributed by atoms with E-state index < -0.39 is 0 Å². The van der Waals surface area contributed by atoms with Crippen molar-refractivity contribution in [1.82, 2.24) is 0 Å². The Balaban J connectivity index is 3.00. The zero-order valence-corrected chi connectivity index (χ0v) is 9.49. The molecular weight excluding hydrogens is 184 g/mol. The van der Waals surface area contributed by atoms with Crippen LogP contribution in [0.4, 0.5) is 0 Å². The van der Waals surface area contributed by atoms with Crippen LogP contribution < -0.4 is 4.74 Å². The SMILES string of the molecule is C=C[C@H](CC(=C)C)c1ccccc1OC. The molecule has 0 unspecified atom stereocenters. The van der Waals surface area contributed by atoms with Crippen LogP contribution in [0.5, 0.6) is 5.75 Å². The molecule has 0 aromatic heterocycles. The second kappa shape index (κ2) is 5.40. The Bertz CT molecular complexity index is 352. The molecule has 0 spiro atoms. The van der Waals surface area contributed by atoms with E-state index in [1.807, 2.05) is 31.2 Å². The first kappa shape index (κ1) is 11.6. The molecule has 0 amide bonds. The van der Waals surface area contributed by atoms with Gasteiger partial charge in [-0.15, -0.1) is 13.2 Å². The molecular formula is C14H18O. The molecule has 0 bridgehead atoms. The van der Waals surface area contributed by atoms with Crippen LogP contribution in [-0.4, -0.2) is 7.11 Å². The second-order valence-electron chi connectivity index (χ2n) is 3.75. The molecule has 1 nitrogen and oxygen atoms in total. The predicted molar refractivity (Wildman–Crippen MR) is 65.4 cm³/mol. The van der Waals surface area contributed by atoms with Crippen LogP contribution in [0.2, 0.25) is 0 Å². The normalized spacial score (nSPS) is 11.9. The summed E-state index contributed by atoms with van der Waals surface area (Å²) in [6.45, 7) is 9.84. The molecule has 0 fully saturated rings. The van der Waals surface area contributed by atoms with Gasteiger partial charge in [0, 0.05) is 11.5 Å².